The minimum absolute atomic E-state index is 0.159. The summed E-state index contributed by atoms with van der Waals surface area (Å²) >= 11 is 0. The van der Waals surface area contributed by atoms with Gasteiger partial charge in [-0.1, -0.05) is 20.3 Å². The van der Waals surface area contributed by atoms with E-state index >= 15 is 0 Å². The molecule has 1 saturated heterocycles. The van der Waals surface area contributed by atoms with Gasteiger partial charge in [0.05, 0.1) is 13.2 Å². The van der Waals surface area contributed by atoms with Gasteiger partial charge in [-0.3, -0.25) is 9.69 Å². The number of carbonyl (C=O) groups is 3. The van der Waals surface area contributed by atoms with E-state index in [0.717, 1.165) is 17.7 Å². The van der Waals surface area contributed by atoms with Crippen molar-refractivity contribution in [2.24, 2.45) is 0 Å². The average molecular weight is 271 g/mol. The highest BCUT2D eigenvalue weighted by molar-refractivity contribution is 5.92. The SMILES string of the molecule is CCCCOC(=O)C1(CC)CCC(=O)CN1C(=O)O. The molecule has 1 aliphatic heterocycles. The predicted octanol–water partition coefficient (Wildman–Crippen LogP) is 1.82. The minimum atomic E-state index is -1.25. The number of likely N-dealkylation sites (tertiary alicyclic amines) is 1. The molecule has 0 spiro atoms. The molecule has 0 bridgehead atoms. The Hall–Kier alpha value is -1.59. The van der Waals surface area contributed by atoms with Gasteiger partial charge in [0, 0.05) is 6.42 Å². The van der Waals surface area contributed by atoms with E-state index in [-0.39, 0.29) is 25.2 Å². The molecule has 1 N–H and O–H groups in total. The fourth-order valence-corrected chi connectivity index (χ4v) is 2.31. The van der Waals surface area contributed by atoms with Crippen LogP contribution in [0.2, 0.25) is 0 Å². The minimum Gasteiger partial charge on any atom is -0.465 e. The molecule has 6 heteroatoms. The van der Waals surface area contributed by atoms with Gasteiger partial charge in [-0.05, 0) is 19.3 Å². The third kappa shape index (κ3) is 3.24. The van der Waals surface area contributed by atoms with Gasteiger partial charge in [0.2, 0.25) is 0 Å². The summed E-state index contributed by atoms with van der Waals surface area (Å²) in [6.45, 7) is 3.78. The molecule has 0 aromatic heterocycles. The molecule has 0 aliphatic carbocycles. The molecule has 0 radical (unpaired) electrons. The molecule has 1 rings (SSSR count). The van der Waals surface area contributed by atoms with Gasteiger partial charge in [0.1, 0.15) is 5.54 Å². The molecule has 1 fully saturated rings. The zero-order valence-electron chi connectivity index (χ0n) is 11.5. The summed E-state index contributed by atoms with van der Waals surface area (Å²) in [6, 6.07) is 0. The number of hydrogen-bond donors (Lipinski definition) is 1. The van der Waals surface area contributed by atoms with E-state index < -0.39 is 17.6 Å². The number of piperidine rings is 1. The average Bonchev–Trinajstić information content (AvgIpc) is 2.39. The quantitative estimate of drug-likeness (QED) is 0.609. The van der Waals surface area contributed by atoms with Crippen LogP contribution in [-0.4, -0.2) is 46.5 Å². The van der Waals surface area contributed by atoms with Gasteiger partial charge in [-0.25, -0.2) is 9.59 Å². The highest BCUT2D eigenvalue weighted by Crippen LogP contribution is 2.31. The second kappa shape index (κ2) is 6.54. The lowest BCUT2D eigenvalue weighted by atomic mass is 9.84. The number of esters is 1. The number of rotatable bonds is 5. The largest absolute Gasteiger partial charge is 0.465 e. The first-order valence-corrected chi connectivity index (χ1v) is 6.67. The van der Waals surface area contributed by atoms with Crippen LogP contribution in [0.25, 0.3) is 0 Å². The zero-order chi connectivity index (χ0) is 14.5. The Morgan fingerprint density at radius 3 is 2.63 bits per heavy atom. The highest BCUT2D eigenvalue weighted by atomic mass is 16.5. The third-order valence-corrected chi connectivity index (χ3v) is 3.60. The lowest BCUT2D eigenvalue weighted by molar-refractivity contribution is -0.161. The number of ketones is 1. The van der Waals surface area contributed by atoms with Crippen LogP contribution >= 0.6 is 0 Å². The Morgan fingerprint density at radius 2 is 2.11 bits per heavy atom. The number of amides is 1. The molecule has 6 nitrogen and oxygen atoms in total. The number of carboxylic acid groups (broad SMARTS) is 1. The monoisotopic (exact) mass is 271 g/mol. The van der Waals surface area contributed by atoms with Crippen molar-refractivity contribution in [2.45, 2.75) is 51.5 Å². The summed E-state index contributed by atoms with van der Waals surface area (Å²) < 4.78 is 5.18. The van der Waals surface area contributed by atoms with Crippen LogP contribution in [0.1, 0.15) is 46.0 Å². The van der Waals surface area contributed by atoms with E-state index in [1.807, 2.05) is 6.92 Å². The Bertz CT molecular complexity index is 368. The van der Waals surface area contributed by atoms with Crippen LogP contribution in [0.15, 0.2) is 0 Å². The summed E-state index contributed by atoms with van der Waals surface area (Å²) in [6.07, 6.45) is 1.14. The summed E-state index contributed by atoms with van der Waals surface area (Å²) in [5, 5.41) is 9.21. The molecule has 0 saturated carbocycles. The van der Waals surface area contributed by atoms with Gasteiger partial charge >= 0.3 is 12.1 Å². The molecule has 108 valence electrons. The second-order valence-corrected chi connectivity index (χ2v) is 4.78. The maximum absolute atomic E-state index is 12.2. The molecule has 1 unspecified atom stereocenters. The van der Waals surface area contributed by atoms with E-state index in [2.05, 4.69) is 0 Å². The molecule has 19 heavy (non-hydrogen) atoms. The maximum atomic E-state index is 12.2. The lowest BCUT2D eigenvalue weighted by Gasteiger charge is -2.42. The van der Waals surface area contributed by atoms with Gasteiger partial charge < -0.3 is 9.84 Å². The van der Waals surface area contributed by atoms with Crippen LogP contribution in [-0.2, 0) is 14.3 Å². The van der Waals surface area contributed by atoms with Crippen LogP contribution in [0, 0.1) is 0 Å². The van der Waals surface area contributed by atoms with Crippen molar-refractivity contribution in [2.75, 3.05) is 13.2 Å². The second-order valence-electron chi connectivity index (χ2n) is 4.78. The van der Waals surface area contributed by atoms with Crippen molar-refractivity contribution >= 4 is 17.8 Å². The maximum Gasteiger partial charge on any atom is 0.408 e. The first kappa shape index (κ1) is 15.5. The summed E-state index contributed by atoms with van der Waals surface area (Å²) in [5.41, 5.74) is -1.20. The Balaban J connectivity index is 2.88. The summed E-state index contributed by atoms with van der Waals surface area (Å²) in [5.74, 6) is -0.689. The molecule has 1 aliphatic rings. The van der Waals surface area contributed by atoms with Crippen molar-refractivity contribution in [1.29, 1.82) is 0 Å². The number of ether oxygens (including phenoxy) is 1. The summed E-state index contributed by atoms with van der Waals surface area (Å²) in [4.78, 5) is 35.8. The number of nitrogens with zero attached hydrogens (tertiary/aromatic N) is 1. The lowest BCUT2D eigenvalue weighted by Crippen LogP contribution is -2.61. The van der Waals surface area contributed by atoms with E-state index in [1.54, 1.807) is 6.92 Å². The molecular formula is C13H21NO5. The van der Waals surface area contributed by atoms with E-state index in [9.17, 15) is 19.5 Å². The smallest absolute Gasteiger partial charge is 0.408 e. The fourth-order valence-electron chi connectivity index (χ4n) is 2.31. The van der Waals surface area contributed by atoms with Crippen LogP contribution in [0.3, 0.4) is 0 Å². The Morgan fingerprint density at radius 1 is 1.42 bits per heavy atom. The van der Waals surface area contributed by atoms with Crippen molar-refractivity contribution in [3.8, 4) is 0 Å². The van der Waals surface area contributed by atoms with Crippen molar-refractivity contribution in [3.63, 3.8) is 0 Å². The number of hydrogen-bond acceptors (Lipinski definition) is 4. The van der Waals surface area contributed by atoms with Crippen LogP contribution in [0.5, 0.6) is 0 Å². The van der Waals surface area contributed by atoms with E-state index in [1.165, 1.54) is 0 Å². The van der Waals surface area contributed by atoms with E-state index in [4.69, 9.17) is 4.74 Å². The van der Waals surface area contributed by atoms with E-state index in [0.29, 0.717) is 13.0 Å². The first-order valence-electron chi connectivity index (χ1n) is 6.67. The molecular weight excluding hydrogens is 250 g/mol. The van der Waals surface area contributed by atoms with Crippen molar-refractivity contribution in [3.05, 3.63) is 0 Å². The summed E-state index contributed by atoms with van der Waals surface area (Å²) in [7, 11) is 0. The topological polar surface area (TPSA) is 83.9 Å². The van der Waals surface area contributed by atoms with Gasteiger partial charge in [0.15, 0.2) is 5.78 Å². The molecule has 1 atom stereocenters. The Kier molecular flexibility index (Phi) is 5.32. The number of unbranched alkanes of at least 4 members (excludes halogenated alkanes) is 1. The first-order chi connectivity index (χ1) is 8.97. The Labute approximate surface area is 112 Å². The van der Waals surface area contributed by atoms with Gasteiger partial charge in [0.25, 0.3) is 0 Å². The number of carbonyl (C=O) groups excluding carboxylic acids is 2. The third-order valence-electron chi connectivity index (χ3n) is 3.60. The standard InChI is InChI=1S/C13H21NO5/c1-3-5-8-19-11(16)13(4-2)7-6-10(15)9-14(13)12(17)18/h3-9H2,1-2H3,(H,17,18). The molecule has 1 amide bonds. The zero-order valence-corrected chi connectivity index (χ0v) is 11.5. The van der Waals surface area contributed by atoms with Gasteiger partial charge in [-0.2, -0.15) is 0 Å². The number of Topliss-reactive ketones (excluding diaryl/α,β-unsaturated/α-hetero) is 1. The van der Waals surface area contributed by atoms with Crippen LogP contribution in [0.4, 0.5) is 4.79 Å². The van der Waals surface area contributed by atoms with Crippen molar-refractivity contribution in [1.82, 2.24) is 4.90 Å². The molecule has 0 aromatic rings. The fraction of sp³-hybridized carbons (Fsp3) is 0.769. The predicted molar refractivity (Wildman–Crippen MR) is 67.9 cm³/mol. The highest BCUT2D eigenvalue weighted by Gasteiger charge is 2.49. The van der Waals surface area contributed by atoms with Crippen molar-refractivity contribution < 1.29 is 24.2 Å². The normalized spacial score (nSPS) is 23.3. The molecule has 0 aromatic carbocycles. The van der Waals surface area contributed by atoms with Gasteiger partial charge in [-0.15, -0.1) is 0 Å². The molecule has 1 heterocycles. The van der Waals surface area contributed by atoms with Crippen LogP contribution < -0.4 is 0 Å².